The minimum absolute atomic E-state index is 0.0961. The molecular formula is C37H38N2O3S. The number of nitrogens with one attached hydrogen (secondary N) is 2. The van der Waals surface area contributed by atoms with Crippen LogP contribution in [-0.2, 0) is 10.1 Å². The Morgan fingerprint density at radius 1 is 0.558 bits per heavy atom. The lowest BCUT2D eigenvalue weighted by Crippen LogP contribution is -2.10. The van der Waals surface area contributed by atoms with Gasteiger partial charge in [-0.3, -0.25) is 4.55 Å². The Morgan fingerprint density at radius 3 is 1.30 bits per heavy atom. The summed E-state index contributed by atoms with van der Waals surface area (Å²) >= 11 is 0. The largest absolute Gasteiger partial charge is 0.355 e. The van der Waals surface area contributed by atoms with E-state index in [4.69, 9.17) is 0 Å². The summed E-state index contributed by atoms with van der Waals surface area (Å²) in [5.74, 6) is -0.424. The van der Waals surface area contributed by atoms with Crippen molar-refractivity contribution in [3.63, 3.8) is 0 Å². The molecule has 0 spiro atoms. The van der Waals surface area contributed by atoms with Gasteiger partial charge in [0.15, 0.2) is 0 Å². The van der Waals surface area contributed by atoms with Crippen molar-refractivity contribution in [2.75, 3.05) is 10.6 Å². The molecule has 0 radical (unpaired) electrons. The minimum atomic E-state index is -4.44. The van der Waals surface area contributed by atoms with Gasteiger partial charge in [-0.05, 0) is 111 Å². The number of hydrogen-bond acceptors (Lipinski definition) is 4. The fourth-order valence-corrected chi connectivity index (χ4v) is 6.80. The van der Waals surface area contributed by atoms with Gasteiger partial charge in [-0.2, -0.15) is 8.42 Å². The van der Waals surface area contributed by atoms with E-state index in [1.54, 1.807) is 18.2 Å². The molecule has 0 saturated carbocycles. The van der Waals surface area contributed by atoms with Crippen molar-refractivity contribution in [3.05, 3.63) is 147 Å². The molecule has 220 valence electrons. The summed E-state index contributed by atoms with van der Waals surface area (Å²) in [5.41, 5.74) is 13.5. The van der Waals surface area contributed by atoms with Crippen molar-refractivity contribution in [2.24, 2.45) is 0 Å². The molecular weight excluding hydrogens is 552 g/mol. The van der Waals surface area contributed by atoms with Crippen LogP contribution in [0.15, 0.2) is 102 Å². The molecule has 5 aromatic rings. The van der Waals surface area contributed by atoms with Gasteiger partial charge in [0.2, 0.25) is 0 Å². The fourth-order valence-electron chi connectivity index (χ4n) is 6.07. The molecule has 0 aliphatic heterocycles. The lowest BCUT2D eigenvalue weighted by molar-refractivity contribution is 0.482. The van der Waals surface area contributed by atoms with E-state index in [2.05, 4.69) is 76.4 Å². The number of rotatable bonds is 8. The van der Waals surface area contributed by atoms with Gasteiger partial charge in [0.25, 0.3) is 10.1 Å². The van der Waals surface area contributed by atoms with Crippen LogP contribution < -0.4 is 10.6 Å². The third kappa shape index (κ3) is 6.66. The number of hydrogen-bond donors (Lipinski definition) is 3. The second-order valence-electron chi connectivity index (χ2n) is 11.5. The molecule has 3 N–H and O–H groups in total. The molecule has 5 rings (SSSR count). The van der Waals surface area contributed by atoms with Gasteiger partial charge in [0.1, 0.15) is 0 Å². The second-order valence-corrected chi connectivity index (χ2v) is 12.9. The summed E-state index contributed by atoms with van der Waals surface area (Å²) in [6.07, 6.45) is 0. The normalized spacial score (nSPS) is 11.5. The smallest absolute Gasteiger partial charge is 0.294 e. The van der Waals surface area contributed by atoms with Gasteiger partial charge in [-0.15, -0.1) is 0 Å². The molecule has 5 aromatic carbocycles. The third-order valence-corrected chi connectivity index (χ3v) is 8.82. The highest BCUT2D eigenvalue weighted by Crippen LogP contribution is 2.37. The van der Waals surface area contributed by atoms with Crippen molar-refractivity contribution < 1.29 is 13.0 Å². The second kappa shape index (κ2) is 12.1. The SMILES string of the molecule is Cc1cc(C)c(Nc2ccc(C(c3ccc(Nc4c(C)cc(C)cc4C)cc3)c3ccccc3S(=O)(=O)O)cc2)c(C)c1. The summed E-state index contributed by atoms with van der Waals surface area (Å²) in [4.78, 5) is -0.0961. The highest BCUT2D eigenvalue weighted by atomic mass is 32.2. The molecule has 0 amide bonds. The van der Waals surface area contributed by atoms with E-state index >= 15 is 0 Å². The number of benzene rings is 5. The van der Waals surface area contributed by atoms with Crippen molar-refractivity contribution in [3.8, 4) is 0 Å². The summed E-state index contributed by atoms with van der Waals surface area (Å²) in [7, 11) is -4.44. The average molecular weight is 591 g/mol. The summed E-state index contributed by atoms with van der Waals surface area (Å²) < 4.78 is 35.0. The van der Waals surface area contributed by atoms with Crippen LogP contribution in [0.1, 0.15) is 56.0 Å². The van der Waals surface area contributed by atoms with Crippen LogP contribution in [0.2, 0.25) is 0 Å². The highest BCUT2D eigenvalue weighted by Gasteiger charge is 2.25. The van der Waals surface area contributed by atoms with E-state index in [1.807, 2.05) is 48.5 Å². The Hall–Kier alpha value is -4.39. The molecule has 0 aliphatic carbocycles. The fraction of sp³-hybridized carbons (Fsp3) is 0.189. The van der Waals surface area contributed by atoms with E-state index in [9.17, 15) is 13.0 Å². The molecule has 43 heavy (non-hydrogen) atoms. The lowest BCUT2D eigenvalue weighted by Gasteiger charge is -2.22. The van der Waals surface area contributed by atoms with Gasteiger partial charge in [0, 0.05) is 28.7 Å². The first-order valence-corrected chi connectivity index (χ1v) is 15.8. The Balaban J connectivity index is 1.53. The van der Waals surface area contributed by atoms with Crippen molar-refractivity contribution >= 4 is 32.9 Å². The molecule has 0 fully saturated rings. The Bertz CT molecular complexity index is 1750. The molecule has 0 aliphatic rings. The first-order valence-electron chi connectivity index (χ1n) is 14.4. The predicted molar refractivity (Wildman–Crippen MR) is 178 cm³/mol. The first-order chi connectivity index (χ1) is 20.4. The van der Waals surface area contributed by atoms with Gasteiger partial charge in [-0.25, -0.2) is 0 Å². The molecule has 6 heteroatoms. The van der Waals surface area contributed by atoms with Crippen LogP contribution in [-0.4, -0.2) is 13.0 Å². The molecule has 0 aromatic heterocycles. The number of aryl methyl sites for hydroxylation is 6. The average Bonchev–Trinajstić information content (AvgIpc) is 2.94. The molecule has 0 atom stereocenters. The zero-order chi connectivity index (χ0) is 30.9. The Kier molecular flexibility index (Phi) is 8.45. The molecule has 0 bridgehead atoms. The zero-order valence-corrected chi connectivity index (χ0v) is 26.3. The summed E-state index contributed by atoms with van der Waals surface area (Å²) in [6.45, 7) is 12.6. The summed E-state index contributed by atoms with van der Waals surface area (Å²) in [5, 5.41) is 7.10. The van der Waals surface area contributed by atoms with Crippen LogP contribution in [0, 0.1) is 41.5 Å². The maximum Gasteiger partial charge on any atom is 0.294 e. The molecule has 0 heterocycles. The van der Waals surface area contributed by atoms with Gasteiger partial charge < -0.3 is 10.6 Å². The summed E-state index contributed by atoms with van der Waals surface area (Å²) in [6, 6.07) is 31.4. The van der Waals surface area contributed by atoms with Crippen LogP contribution in [0.4, 0.5) is 22.7 Å². The maximum atomic E-state index is 12.4. The van der Waals surface area contributed by atoms with Crippen LogP contribution in [0.25, 0.3) is 0 Å². The van der Waals surface area contributed by atoms with Crippen LogP contribution >= 0.6 is 0 Å². The van der Waals surface area contributed by atoms with E-state index in [-0.39, 0.29) is 4.90 Å². The van der Waals surface area contributed by atoms with Crippen LogP contribution in [0.3, 0.4) is 0 Å². The standard InChI is InChI=1S/C37H38N2O3S/c1-23-19-25(3)36(26(4)20-23)38-31-15-11-29(12-16-31)35(33-9-7-8-10-34(33)43(40,41)42)30-13-17-32(18-14-30)39-37-27(5)21-24(2)22-28(37)6/h7-22,35,38-39H,1-6H3,(H,40,41,42). The quantitative estimate of drug-likeness (QED) is 0.124. The number of anilines is 4. The first kappa shape index (κ1) is 30.1. The van der Waals surface area contributed by atoms with E-state index in [0.717, 1.165) is 33.9 Å². The minimum Gasteiger partial charge on any atom is -0.355 e. The maximum absolute atomic E-state index is 12.4. The Labute approximate surface area is 255 Å². The molecule has 0 saturated heterocycles. The van der Waals surface area contributed by atoms with Gasteiger partial charge >= 0.3 is 0 Å². The molecule has 0 unspecified atom stereocenters. The van der Waals surface area contributed by atoms with Crippen LogP contribution in [0.5, 0.6) is 0 Å². The monoisotopic (exact) mass is 590 g/mol. The van der Waals surface area contributed by atoms with Crippen molar-refractivity contribution in [2.45, 2.75) is 52.4 Å². The van der Waals surface area contributed by atoms with E-state index in [1.165, 1.54) is 39.4 Å². The van der Waals surface area contributed by atoms with Crippen molar-refractivity contribution in [1.29, 1.82) is 0 Å². The highest BCUT2D eigenvalue weighted by molar-refractivity contribution is 7.85. The van der Waals surface area contributed by atoms with Gasteiger partial charge in [-0.1, -0.05) is 77.9 Å². The third-order valence-electron chi connectivity index (χ3n) is 7.89. The van der Waals surface area contributed by atoms with E-state index < -0.39 is 16.0 Å². The predicted octanol–water partition coefficient (Wildman–Crippen LogP) is 9.45. The zero-order valence-electron chi connectivity index (χ0n) is 25.5. The molecule has 5 nitrogen and oxygen atoms in total. The van der Waals surface area contributed by atoms with Crippen molar-refractivity contribution in [1.82, 2.24) is 0 Å². The topological polar surface area (TPSA) is 78.4 Å². The Morgan fingerprint density at radius 2 is 0.930 bits per heavy atom. The van der Waals surface area contributed by atoms with Gasteiger partial charge in [0.05, 0.1) is 4.90 Å². The van der Waals surface area contributed by atoms with E-state index in [0.29, 0.717) is 5.56 Å². The lowest BCUT2D eigenvalue weighted by atomic mass is 9.85.